The first kappa shape index (κ1) is 13.4. The van der Waals surface area contributed by atoms with Crippen molar-refractivity contribution in [1.29, 1.82) is 0 Å². The van der Waals surface area contributed by atoms with Crippen molar-refractivity contribution in [3.8, 4) is 5.75 Å². The molecule has 0 aliphatic carbocycles. The molecule has 0 bridgehead atoms. The summed E-state index contributed by atoms with van der Waals surface area (Å²) in [4.78, 5) is 24.7. The number of esters is 1. The van der Waals surface area contributed by atoms with E-state index in [1.165, 1.54) is 12.0 Å². The molecular formula is C14H17NO4. The van der Waals surface area contributed by atoms with Crippen LogP contribution in [0.5, 0.6) is 5.75 Å². The lowest BCUT2D eigenvalue weighted by molar-refractivity contribution is -0.163. The summed E-state index contributed by atoms with van der Waals surface area (Å²) in [6.45, 7) is 1.86. The Kier molecular flexibility index (Phi) is 3.74. The number of likely N-dealkylation sites (tertiary alicyclic amines) is 1. The molecule has 1 aromatic rings. The fourth-order valence-corrected chi connectivity index (χ4v) is 2.37. The topological polar surface area (TPSA) is 55.8 Å². The summed E-state index contributed by atoms with van der Waals surface area (Å²) < 4.78 is 9.71. The Morgan fingerprint density at radius 1 is 1.26 bits per heavy atom. The standard InChI is InChI=1S/C14H17NO4/c1-9-13(10-4-6-11(18-2)7-5-10)15(14(9)17)8-12(16)19-3/h4-7,9,13H,8H2,1-3H3/t9-,13+/m1/s1. The van der Waals surface area contributed by atoms with Crippen molar-refractivity contribution in [2.24, 2.45) is 5.92 Å². The van der Waals surface area contributed by atoms with E-state index >= 15 is 0 Å². The van der Waals surface area contributed by atoms with Crippen LogP contribution in [0.2, 0.25) is 0 Å². The molecule has 1 amide bonds. The number of nitrogens with zero attached hydrogens (tertiary/aromatic N) is 1. The van der Waals surface area contributed by atoms with Gasteiger partial charge in [-0.05, 0) is 17.7 Å². The molecule has 1 fully saturated rings. The third-order valence-corrected chi connectivity index (χ3v) is 3.47. The number of hydrogen-bond donors (Lipinski definition) is 0. The smallest absolute Gasteiger partial charge is 0.325 e. The Bertz CT molecular complexity index is 483. The van der Waals surface area contributed by atoms with E-state index in [1.807, 2.05) is 31.2 Å². The average molecular weight is 263 g/mol. The lowest BCUT2D eigenvalue weighted by Crippen LogP contribution is -2.55. The number of hydrogen-bond acceptors (Lipinski definition) is 4. The van der Waals surface area contributed by atoms with Crippen molar-refractivity contribution in [3.05, 3.63) is 29.8 Å². The zero-order valence-corrected chi connectivity index (χ0v) is 11.3. The molecule has 0 N–H and O–H groups in total. The van der Waals surface area contributed by atoms with Gasteiger partial charge in [0.05, 0.1) is 26.2 Å². The van der Waals surface area contributed by atoms with Crippen LogP contribution in [0.3, 0.4) is 0 Å². The average Bonchev–Trinajstić information content (AvgIpc) is 2.46. The summed E-state index contributed by atoms with van der Waals surface area (Å²) in [5.41, 5.74) is 0.997. The number of methoxy groups -OCH3 is 2. The highest BCUT2D eigenvalue weighted by molar-refractivity contribution is 5.89. The molecule has 5 nitrogen and oxygen atoms in total. The van der Waals surface area contributed by atoms with Gasteiger partial charge in [0, 0.05) is 0 Å². The summed E-state index contributed by atoms with van der Waals surface area (Å²) in [6.07, 6.45) is 0. The van der Waals surface area contributed by atoms with Crippen LogP contribution in [-0.2, 0) is 14.3 Å². The first-order chi connectivity index (χ1) is 9.08. The SMILES string of the molecule is COC(=O)CN1C(=O)[C@H](C)[C@H]1c1ccc(OC)cc1. The Morgan fingerprint density at radius 2 is 1.89 bits per heavy atom. The molecule has 1 saturated heterocycles. The maximum atomic E-state index is 11.8. The Balaban J connectivity index is 2.16. The highest BCUT2D eigenvalue weighted by atomic mass is 16.5. The number of benzene rings is 1. The largest absolute Gasteiger partial charge is 0.497 e. The third kappa shape index (κ3) is 2.41. The zero-order valence-electron chi connectivity index (χ0n) is 11.3. The molecule has 19 heavy (non-hydrogen) atoms. The molecule has 2 rings (SSSR count). The first-order valence-corrected chi connectivity index (χ1v) is 6.09. The highest BCUT2D eigenvalue weighted by Crippen LogP contribution is 2.39. The van der Waals surface area contributed by atoms with Gasteiger partial charge in [-0.1, -0.05) is 19.1 Å². The number of β-lactam (4-membered cyclic amide) rings is 1. The van der Waals surface area contributed by atoms with Gasteiger partial charge in [-0.25, -0.2) is 0 Å². The number of amides is 1. The minimum absolute atomic E-state index is 0.00360. The summed E-state index contributed by atoms with van der Waals surface area (Å²) in [5.74, 6) is 0.226. The van der Waals surface area contributed by atoms with Crippen molar-refractivity contribution in [2.45, 2.75) is 13.0 Å². The van der Waals surface area contributed by atoms with Crippen LogP contribution < -0.4 is 4.74 Å². The van der Waals surface area contributed by atoms with Gasteiger partial charge in [0.15, 0.2) is 0 Å². The van der Waals surface area contributed by atoms with Gasteiger partial charge in [-0.2, -0.15) is 0 Å². The van der Waals surface area contributed by atoms with E-state index in [9.17, 15) is 9.59 Å². The number of carbonyl (C=O) groups is 2. The van der Waals surface area contributed by atoms with Crippen LogP contribution in [0.15, 0.2) is 24.3 Å². The van der Waals surface area contributed by atoms with E-state index in [1.54, 1.807) is 7.11 Å². The Morgan fingerprint density at radius 3 is 2.42 bits per heavy atom. The Hall–Kier alpha value is -2.04. The summed E-state index contributed by atoms with van der Waals surface area (Å²) in [5, 5.41) is 0. The van der Waals surface area contributed by atoms with Gasteiger partial charge in [0.25, 0.3) is 0 Å². The van der Waals surface area contributed by atoms with Gasteiger partial charge < -0.3 is 14.4 Å². The number of rotatable bonds is 4. The summed E-state index contributed by atoms with van der Waals surface area (Å²) in [7, 11) is 2.92. The molecule has 5 heteroatoms. The molecular weight excluding hydrogens is 246 g/mol. The fraction of sp³-hybridized carbons (Fsp3) is 0.429. The van der Waals surface area contributed by atoms with E-state index in [4.69, 9.17) is 4.74 Å². The fourth-order valence-electron chi connectivity index (χ4n) is 2.37. The summed E-state index contributed by atoms with van der Waals surface area (Å²) in [6, 6.07) is 7.45. The minimum atomic E-state index is -0.404. The van der Waals surface area contributed by atoms with Crippen LogP contribution in [0.4, 0.5) is 0 Å². The van der Waals surface area contributed by atoms with E-state index < -0.39 is 5.97 Å². The van der Waals surface area contributed by atoms with Crippen LogP contribution in [0.25, 0.3) is 0 Å². The third-order valence-electron chi connectivity index (χ3n) is 3.47. The van der Waals surface area contributed by atoms with Crippen LogP contribution in [0, 0.1) is 5.92 Å². The molecule has 1 heterocycles. The Labute approximate surface area is 112 Å². The van der Waals surface area contributed by atoms with Crippen molar-refractivity contribution < 1.29 is 19.1 Å². The molecule has 0 spiro atoms. The van der Waals surface area contributed by atoms with Crippen LogP contribution in [-0.4, -0.2) is 37.5 Å². The molecule has 0 radical (unpaired) electrons. The van der Waals surface area contributed by atoms with Gasteiger partial charge >= 0.3 is 5.97 Å². The van der Waals surface area contributed by atoms with Gasteiger partial charge in [0.2, 0.25) is 5.91 Å². The molecule has 0 saturated carbocycles. The minimum Gasteiger partial charge on any atom is -0.497 e. The molecule has 1 aliphatic rings. The second-order valence-electron chi connectivity index (χ2n) is 4.55. The second kappa shape index (κ2) is 5.30. The van der Waals surface area contributed by atoms with Crippen molar-refractivity contribution in [3.63, 3.8) is 0 Å². The van der Waals surface area contributed by atoms with Gasteiger partial charge in [0.1, 0.15) is 12.3 Å². The van der Waals surface area contributed by atoms with Crippen molar-refractivity contribution in [2.75, 3.05) is 20.8 Å². The van der Waals surface area contributed by atoms with E-state index in [2.05, 4.69) is 4.74 Å². The number of ether oxygens (including phenoxy) is 2. The molecule has 2 atom stereocenters. The molecule has 0 aromatic heterocycles. The van der Waals surface area contributed by atoms with Crippen LogP contribution in [0.1, 0.15) is 18.5 Å². The molecule has 0 unspecified atom stereocenters. The van der Waals surface area contributed by atoms with Crippen molar-refractivity contribution >= 4 is 11.9 Å². The first-order valence-electron chi connectivity index (χ1n) is 6.09. The lowest BCUT2D eigenvalue weighted by Gasteiger charge is -2.45. The molecule has 102 valence electrons. The second-order valence-corrected chi connectivity index (χ2v) is 4.55. The monoisotopic (exact) mass is 263 g/mol. The maximum Gasteiger partial charge on any atom is 0.325 e. The van der Waals surface area contributed by atoms with Gasteiger partial charge in [-0.3, -0.25) is 9.59 Å². The summed E-state index contributed by atoms with van der Waals surface area (Å²) >= 11 is 0. The van der Waals surface area contributed by atoms with Gasteiger partial charge in [-0.15, -0.1) is 0 Å². The number of carbonyl (C=O) groups excluding carboxylic acids is 2. The lowest BCUT2D eigenvalue weighted by atomic mass is 9.84. The predicted molar refractivity (Wildman–Crippen MR) is 68.6 cm³/mol. The molecule has 1 aliphatic heterocycles. The van der Waals surface area contributed by atoms with Crippen LogP contribution >= 0.6 is 0 Å². The highest BCUT2D eigenvalue weighted by Gasteiger charge is 2.45. The quantitative estimate of drug-likeness (QED) is 0.608. The normalized spacial score (nSPS) is 21.8. The van der Waals surface area contributed by atoms with E-state index in [-0.39, 0.29) is 24.4 Å². The molecule has 1 aromatic carbocycles. The zero-order chi connectivity index (χ0) is 14.0. The van der Waals surface area contributed by atoms with Crippen molar-refractivity contribution in [1.82, 2.24) is 4.90 Å². The predicted octanol–water partition coefficient (Wildman–Crippen LogP) is 1.39. The van der Waals surface area contributed by atoms with E-state index in [0.717, 1.165) is 11.3 Å². The van der Waals surface area contributed by atoms with E-state index in [0.29, 0.717) is 0 Å². The maximum absolute atomic E-state index is 11.8.